The first-order valence-electron chi connectivity index (χ1n) is 10.4. The molecule has 0 atom stereocenters. The fourth-order valence-electron chi connectivity index (χ4n) is 4.25. The van der Waals surface area contributed by atoms with Crippen molar-refractivity contribution in [3.63, 3.8) is 0 Å². The van der Waals surface area contributed by atoms with E-state index in [1.54, 1.807) is 30.3 Å². The summed E-state index contributed by atoms with van der Waals surface area (Å²) < 4.78 is 21.3. The average molecular weight is 445 g/mol. The molecule has 0 amide bonds. The Balaban J connectivity index is 2.22. The molecule has 0 unspecified atom stereocenters. The number of hydrogen-bond donors (Lipinski definition) is 3. The number of rotatable bonds is 6. The summed E-state index contributed by atoms with van der Waals surface area (Å²) in [7, 11) is 1.54. The maximum Gasteiger partial charge on any atom is 0.335 e. The van der Waals surface area contributed by atoms with Gasteiger partial charge in [0.05, 0.1) is 18.2 Å². The lowest BCUT2D eigenvalue weighted by atomic mass is 9.94. The molecule has 0 saturated carbocycles. The van der Waals surface area contributed by atoms with Crippen molar-refractivity contribution in [1.82, 2.24) is 4.57 Å². The summed E-state index contributed by atoms with van der Waals surface area (Å²) in [4.78, 5) is 11.7. The normalized spacial score (nSPS) is 11.2. The number of fused-ring (bicyclic) bond motifs is 1. The van der Waals surface area contributed by atoms with Gasteiger partial charge in [0.25, 0.3) is 0 Å². The molecule has 7 heteroatoms. The molecule has 1 heterocycles. The fraction of sp³-hybridized carbons (Fsp3) is 0.154. The largest absolute Gasteiger partial charge is 0.496 e. The molecule has 0 aliphatic rings. The van der Waals surface area contributed by atoms with Crippen LogP contribution in [0.2, 0.25) is 0 Å². The molecular weight excluding hydrogens is 421 g/mol. The van der Waals surface area contributed by atoms with E-state index < -0.39 is 5.97 Å². The van der Waals surface area contributed by atoms with Gasteiger partial charge in [0, 0.05) is 45.4 Å². The summed E-state index contributed by atoms with van der Waals surface area (Å²) in [6, 6.07) is 14.5. The highest BCUT2D eigenvalue weighted by atomic mass is 19.1. The van der Waals surface area contributed by atoms with Crippen LogP contribution in [-0.4, -0.2) is 29.0 Å². The minimum Gasteiger partial charge on any atom is -0.496 e. The zero-order valence-corrected chi connectivity index (χ0v) is 18.5. The highest BCUT2D eigenvalue weighted by Gasteiger charge is 2.25. The first kappa shape index (κ1) is 22.1. The average Bonchev–Trinajstić information content (AvgIpc) is 3.12. The van der Waals surface area contributed by atoms with Gasteiger partial charge in [-0.25, -0.2) is 9.18 Å². The Morgan fingerprint density at radius 2 is 1.85 bits per heavy atom. The first-order valence-corrected chi connectivity index (χ1v) is 10.4. The Morgan fingerprint density at radius 3 is 2.42 bits per heavy atom. The molecule has 3 aromatic carbocycles. The van der Waals surface area contributed by atoms with E-state index in [4.69, 9.17) is 15.9 Å². The van der Waals surface area contributed by atoms with Crippen LogP contribution in [0.15, 0.2) is 54.6 Å². The maximum absolute atomic E-state index is 13.7. The standard InChI is InChI=1S/C26H24FN3O3/c1-14(2)25-24(20-10-15(26(31)32)4-9-23(20)33-3)19-12-21(29)16(13-28)11-22(19)30(25)18-7-5-17(27)6-8-18/h4-14,28H,29H2,1-3H3,(H,31,32). The van der Waals surface area contributed by atoms with E-state index in [2.05, 4.69) is 0 Å². The Bertz CT molecular complexity index is 1390. The number of nitrogens with zero attached hydrogens (tertiary/aromatic N) is 1. The fourth-order valence-corrected chi connectivity index (χ4v) is 4.25. The lowest BCUT2D eigenvalue weighted by Crippen LogP contribution is -2.04. The van der Waals surface area contributed by atoms with E-state index in [1.807, 2.05) is 24.5 Å². The number of nitrogen functional groups attached to an aromatic ring is 1. The van der Waals surface area contributed by atoms with Gasteiger partial charge in [-0.15, -0.1) is 0 Å². The monoisotopic (exact) mass is 445 g/mol. The number of benzene rings is 3. The van der Waals surface area contributed by atoms with E-state index >= 15 is 0 Å². The van der Waals surface area contributed by atoms with Gasteiger partial charge in [0.15, 0.2) is 0 Å². The van der Waals surface area contributed by atoms with Crippen LogP contribution in [0.4, 0.5) is 10.1 Å². The number of methoxy groups -OCH3 is 1. The molecule has 6 nitrogen and oxygen atoms in total. The molecule has 0 bridgehead atoms. The molecule has 4 rings (SSSR count). The van der Waals surface area contributed by atoms with Crippen molar-refractivity contribution in [2.75, 3.05) is 12.8 Å². The van der Waals surface area contributed by atoms with Crippen molar-refractivity contribution in [3.05, 3.63) is 77.2 Å². The second-order valence-electron chi connectivity index (χ2n) is 8.09. The second-order valence-corrected chi connectivity index (χ2v) is 8.09. The Morgan fingerprint density at radius 1 is 1.15 bits per heavy atom. The van der Waals surface area contributed by atoms with Crippen molar-refractivity contribution in [3.8, 4) is 22.6 Å². The summed E-state index contributed by atoms with van der Waals surface area (Å²) >= 11 is 0. The topological polar surface area (TPSA) is 101 Å². The number of halogens is 1. The molecule has 1 aromatic heterocycles. The van der Waals surface area contributed by atoms with Gasteiger partial charge in [-0.3, -0.25) is 0 Å². The number of hydrogen-bond acceptors (Lipinski definition) is 4. The number of carbonyl (C=O) groups is 1. The third kappa shape index (κ3) is 3.71. The van der Waals surface area contributed by atoms with Gasteiger partial charge in [-0.05, 0) is 60.5 Å². The number of aromatic nitrogens is 1. The number of anilines is 1. The van der Waals surface area contributed by atoms with Gasteiger partial charge in [-0.1, -0.05) is 13.8 Å². The zero-order chi connectivity index (χ0) is 23.9. The zero-order valence-electron chi connectivity index (χ0n) is 18.5. The van der Waals surface area contributed by atoms with Crippen LogP contribution in [0.1, 0.15) is 41.4 Å². The number of nitrogens with two attached hydrogens (primary N) is 1. The first-order chi connectivity index (χ1) is 15.8. The molecule has 4 aromatic rings. The van der Waals surface area contributed by atoms with E-state index in [-0.39, 0.29) is 17.3 Å². The molecular formula is C26H24FN3O3. The van der Waals surface area contributed by atoms with Gasteiger partial charge in [-0.2, -0.15) is 0 Å². The minimum absolute atomic E-state index is 0.000277. The predicted molar refractivity (Wildman–Crippen MR) is 129 cm³/mol. The molecule has 0 aliphatic heterocycles. The van der Waals surface area contributed by atoms with E-state index in [0.717, 1.165) is 27.8 Å². The van der Waals surface area contributed by atoms with Gasteiger partial charge in [0.1, 0.15) is 11.6 Å². The van der Waals surface area contributed by atoms with Crippen LogP contribution in [0.25, 0.3) is 27.7 Å². The van der Waals surface area contributed by atoms with Crippen molar-refractivity contribution in [2.45, 2.75) is 19.8 Å². The molecule has 0 radical (unpaired) electrons. The molecule has 168 valence electrons. The third-order valence-corrected chi connectivity index (χ3v) is 5.71. The Hall–Kier alpha value is -4.13. The molecule has 33 heavy (non-hydrogen) atoms. The number of carboxylic acid groups (broad SMARTS) is 1. The molecule has 0 spiro atoms. The lowest BCUT2D eigenvalue weighted by molar-refractivity contribution is 0.0697. The third-order valence-electron chi connectivity index (χ3n) is 5.71. The number of carboxylic acids is 1. The van der Waals surface area contributed by atoms with Crippen molar-refractivity contribution < 1.29 is 19.0 Å². The Kier molecular flexibility index (Phi) is 5.64. The highest BCUT2D eigenvalue weighted by molar-refractivity contribution is 6.06. The van der Waals surface area contributed by atoms with Crippen LogP contribution in [0, 0.1) is 11.2 Å². The molecule has 0 fully saturated rings. The van der Waals surface area contributed by atoms with Crippen LogP contribution < -0.4 is 10.5 Å². The van der Waals surface area contributed by atoms with Crippen molar-refractivity contribution in [2.24, 2.45) is 0 Å². The highest BCUT2D eigenvalue weighted by Crippen LogP contribution is 2.45. The van der Waals surface area contributed by atoms with Crippen LogP contribution in [0.5, 0.6) is 5.75 Å². The summed E-state index contributed by atoms with van der Waals surface area (Å²) in [5.74, 6) is -0.866. The SMILES string of the molecule is COc1ccc(C(=O)O)cc1-c1c(C(C)C)n(-c2ccc(F)cc2)c2cc(C=N)c(N)cc12. The summed E-state index contributed by atoms with van der Waals surface area (Å²) in [5, 5.41) is 18.2. The Labute approximate surface area is 190 Å². The summed E-state index contributed by atoms with van der Waals surface area (Å²) in [5.41, 5.74) is 11.2. The van der Waals surface area contributed by atoms with Crippen LogP contribution in [0.3, 0.4) is 0 Å². The van der Waals surface area contributed by atoms with Gasteiger partial charge < -0.3 is 25.6 Å². The number of ether oxygens (including phenoxy) is 1. The van der Waals surface area contributed by atoms with Crippen LogP contribution >= 0.6 is 0 Å². The number of aromatic carboxylic acids is 1. The maximum atomic E-state index is 13.7. The van der Waals surface area contributed by atoms with E-state index in [0.29, 0.717) is 22.6 Å². The molecule has 0 saturated heterocycles. The minimum atomic E-state index is -1.04. The summed E-state index contributed by atoms with van der Waals surface area (Å²) in [6.45, 7) is 4.07. The van der Waals surface area contributed by atoms with E-state index in [1.165, 1.54) is 31.5 Å². The smallest absolute Gasteiger partial charge is 0.335 e. The van der Waals surface area contributed by atoms with Crippen molar-refractivity contribution in [1.29, 1.82) is 5.41 Å². The summed E-state index contributed by atoms with van der Waals surface area (Å²) in [6.07, 6.45) is 1.19. The molecule has 4 N–H and O–H groups in total. The predicted octanol–water partition coefficient (Wildman–Crippen LogP) is 5.85. The molecule has 0 aliphatic carbocycles. The van der Waals surface area contributed by atoms with Crippen LogP contribution in [-0.2, 0) is 0 Å². The van der Waals surface area contributed by atoms with Gasteiger partial charge in [0.2, 0.25) is 0 Å². The quantitative estimate of drug-likeness (QED) is 0.256. The number of nitrogens with one attached hydrogen (secondary N) is 1. The lowest BCUT2D eigenvalue weighted by Gasteiger charge is -2.17. The second kappa shape index (κ2) is 8.43. The van der Waals surface area contributed by atoms with Crippen molar-refractivity contribution >= 4 is 28.8 Å². The van der Waals surface area contributed by atoms with E-state index in [9.17, 15) is 14.3 Å². The van der Waals surface area contributed by atoms with Gasteiger partial charge >= 0.3 is 5.97 Å².